The molecule has 0 bridgehead atoms. The van der Waals surface area contributed by atoms with Crippen LogP contribution in [0.1, 0.15) is 19.5 Å². The predicted octanol–water partition coefficient (Wildman–Crippen LogP) is 4.35. The maximum absolute atomic E-state index is 6.09. The van der Waals surface area contributed by atoms with Crippen molar-refractivity contribution in [3.8, 4) is 11.4 Å². The summed E-state index contributed by atoms with van der Waals surface area (Å²) in [7, 11) is 0. The van der Waals surface area contributed by atoms with Crippen molar-refractivity contribution in [3.63, 3.8) is 0 Å². The Hall–Kier alpha value is -0.870. The molecule has 90 valence electrons. The standard InChI is InChI=1S/C12H12BrClN2O/c1-7(2)5-9-10(13)11(14)16-12(15-9)8-3-4-17-6-8/h3-4,6-7H,5H2,1-2H3. The van der Waals surface area contributed by atoms with Crippen LogP contribution in [0, 0.1) is 5.92 Å². The van der Waals surface area contributed by atoms with Crippen molar-refractivity contribution in [2.24, 2.45) is 5.92 Å². The molecule has 0 spiro atoms. The maximum atomic E-state index is 6.09. The van der Waals surface area contributed by atoms with Crippen molar-refractivity contribution in [1.29, 1.82) is 0 Å². The molecule has 2 rings (SSSR count). The number of hydrogen-bond acceptors (Lipinski definition) is 3. The van der Waals surface area contributed by atoms with Gasteiger partial charge in [-0.2, -0.15) is 0 Å². The normalized spacial score (nSPS) is 11.1. The van der Waals surface area contributed by atoms with Crippen LogP contribution in [0.2, 0.25) is 5.15 Å². The summed E-state index contributed by atoms with van der Waals surface area (Å²) in [5.41, 5.74) is 1.76. The lowest BCUT2D eigenvalue weighted by Gasteiger charge is -2.09. The zero-order valence-electron chi connectivity index (χ0n) is 9.58. The molecular weight excluding hydrogens is 304 g/mol. The van der Waals surface area contributed by atoms with Crippen LogP contribution in [0.15, 0.2) is 27.5 Å². The predicted molar refractivity (Wildman–Crippen MR) is 71.0 cm³/mol. The molecule has 0 aliphatic rings. The second kappa shape index (κ2) is 5.19. The van der Waals surface area contributed by atoms with Gasteiger partial charge in [0.1, 0.15) is 11.4 Å². The van der Waals surface area contributed by atoms with E-state index in [0.717, 1.165) is 22.2 Å². The second-order valence-corrected chi connectivity index (χ2v) is 5.36. The molecule has 2 aromatic heterocycles. The molecule has 17 heavy (non-hydrogen) atoms. The first kappa shape index (κ1) is 12.6. The molecule has 0 N–H and O–H groups in total. The van der Waals surface area contributed by atoms with Gasteiger partial charge in [0.15, 0.2) is 5.82 Å². The number of furan rings is 1. The minimum absolute atomic E-state index is 0.437. The van der Waals surface area contributed by atoms with E-state index in [9.17, 15) is 0 Å². The van der Waals surface area contributed by atoms with E-state index in [1.807, 2.05) is 6.07 Å². The number of aromatic nitrogens is 2. The van der Waals surface area contributed by atoms with E-state index in [-0.39, 0.29) is 0 Å². The molecule has 0 atom stereocenters. The van der Waals surface area contributed by atoms with Gasteiger partial charge in [0, 0.05) is 0 Å². The molecule has 0 aliphatic carbocycles. The fraction of sp³-hybridized carbons (Fsp3) is 0.333. The molecule has 0 saturated carbocycles. The third-order valence-corrected chi connectivity index (χ3v) is 3.60. The first-order chi connectivity index (χ1) is 8.08. The summed E-state index contributed by atoms with van der Waals surface area (Å²) < 4.78 is 5.80. The summed E-state index contributed by atoms with van der Waals surface area (Å²) in [6.07, 6.45) is 4.06. The van der Waals surface area contributed by atoms with Gasteiger partial charge in [-0.1, -0.05) is 25.4 Å². The van der Waals surface area contributed by atoms with Gasteiger partial charge >= 0.3 is 0 Å². The highest BCUT2D eigenvalue weighted by molar-refractivity contribution is 9.10. The topological polar surface area (TPSA) is 38.9 Å². The number of halogens is 2. The molecule has 3 nitrogen and oxygen atoms in total. The molecule has 0 aliphatic heterocycles. The Balaban J connectivity index is 2.46. The highest BCUT2D eigenvalue weighted by atomic mass is 79.9. The zero-order valence-corrected chi connectivity index (χ0v) is 11.9. The van der Waals surface area contributed by atoms with Crippen LogP contribution in [0.3, 0.4) is 0 Å². The molecule has 0 radical (unpaired) electrons. The number of nitrogens with zero attached hydrogens (tertiary/aromatic N) is 2. The second-order valence-electron chi connectivity index (χ2n) is 4.21. The first-order valence-electron chi connectivity index (χ1n) is 5.32. The van der Waals surface area contributed by atoms with E-state index < -0.39 is 0 Å². The highest BCUT2D eigenvalue weighted by Gasteiger charge is 2.13. The fourth-order valence-corrected chi connectivity index (χ4v) is 2.03. The minimum Gasteiger partial charge on any atom is -0.472 e. The smallest absolute Gasteiger partial charge is 0.164 e. The van der Waals surface area contributed by atoms with Crippen LogP contribution in [-0.2, 0) is 6.42 Å². The molecule has 5 heteroatoms. The molecule has 2 aromatic rings. The largest absolute Gasteiger partial charge is 0.472 e. The molecule has 2 heterocycles. The van der Waals surface area contributed by atoms with Gasteiger partial charge in [0.05, 0.1) is 22.0 Å². The summed E-state index contributed by atoms with van der Waals surface area (Å²) >= 11 is 9.52. The van der Waals surface area contributed by atoms with Crippen molar-refractivity contribution < 1.29 is 4.42 Å². The molecule has 0 saturated heterocycles. The third-order valence-electron chi connectivity index (χ3n) is 2.26. The van der Waals surface area contributed by atoms with Gasteiger partial charge in [0.2, 0.25) is 0 Å². The van der Waals surface area contributed by atoms with Crippen LogP contribution in [0.25, 0.3) is 11.4 Å². The quantitative estimate of drug-likeness (QED) is 0.790. The van der Waals surface area contributed by atoms with E-state index in [0.29, 0.717) is 16.9 Å². The summed E-state index contributed by atoms with van der Waals surface area (Å²) in [5.74, 6) is 1.11. The highest BCUT2D eigenvalue weighted by Crippen LogP contribution is 2.28. The van der Waals surface area contributed by atoms with Crippen molar-refractivity contribution in [2.45, 2.75) is 20.3 Å². The number of hydrogen-bond donors (Lipinski definition) is 0. The molecule has 0 aromatic carbocycles. The summed E-state index contributed by atoms with van der Waals surface area (Å²) in [6.45, 7) is 4.28. The molecular formula is C12H12BrClN2O. The average Bonchev–Trinajstić information content (AvgIpc) is 2.77. The van der Waals surface area contributed by atoms with Crippen LogP contribution in [0.4, 0.5) is 0 Å². The Bertz CT molecular complexity index is 511. The Kier molecular flexibility index (Phi) is 3.84. The van der Waals surface area contributed by atoms with E-state index in [1.165, 1.54) is 0 Å². The Labute approximate surface area is 113 Å². The zero-order chi connectivity index (χ0) is 12.4. The molecule has 0 fully saturated rings. The van der Waals surface area contributed by atoms with Gasteiger partial charge in [-0.15, -0.1) is 0 Å². The van der Waals surface area contributed by atoms with Gasteiger partial charge in [-0.3, -0.25) is 0 Å². The van der Waals surface area contributed by atoms with Crippen molar-refractivity contribution >= 4 is 27.5 Å². The lowest BCUT2D eigenvalue weighted by Crippen LogP contribution is -2.02. The van der Waals surface area contributed by atoms with E-state index >= 15 is 0 Å². The molecule has 0 unspecified atom stereocenters. The summed E-state index contributed by atoms with van der Waals surface area (Å²) in [5, 5.41) is 0.437. The van der Waals surface area contributed by atoms with Gasteiger partial charge in [-0.05, 0) is 34.3 Å². The summed E-state index contributed by atoms with van der Waals surface area (Å²) in [4.78, 5) is 8.74. The van der Waals surface area contributed by atoms with E-state index in [4.69, 9.17) is 16.0 Å². The fourth-order valence-electron chi connectivity index (χ4n) is 1.51. The Morgan fingerprint density at radius 3 is 2.76 bits per heavy atom. The average molecular weight is 316 g/mol. The van der Waals surface area contributed by atoms with Crippen LogP contribution in [-0.4, -0.2) is 9.97 Å². The van der Waals surface area contributed by atoms with E-state index in [1.54, 1.807) is 12.5 Å². The van der Waals surface area contributed by atoms with Crippen molar-refractivity contribution in [2.75, 3.05) is 0 Å². The van der Waals surface area contributed by atoms with E-state index in [2.05, 4.69) is 39.7 Å². The van der Waals surface area contributed by atoms with Gasteiger partial charge in [-0.25, -0.2) is 9.97 Å². The van der Waals surface area contributed by atoms with Crippen LogP contribution < -0.4 is 0 Å². The van der Waals surface area contributed by atoms with Gasteiger partial charge < -0.3 is 4.42 Å². The van der Waals surface area contributed by atoms with Gasteiger partial charge in [0.25, 0.3) is 0 Å². The van der Waals surface area contributed by atoms with Crippen LogP contribution >= 0.6 is 27.5 Å². The minimum atomic E-state index is 0.437. The Morgan fingerprint density at radius 1 is 1.41 bits per heavy atom. The monoisotopic (exact) mass is 314 g/mol. The summed E-state index contributed by atoms with van der Waals surface area (Å²) in [6, 6.07) is 1.82. The first-order valence-corrected chi connectivity index (χ1v) is 6.49. The van der Waals surface area contributed by atoms with Crippen molar-refractivity contribution in [1.82, 2.24) is 9.97 Å². The van der Waals surface area contributed by atoms with Crippen LogP contribution in [0.5, 0.6) is 0 Å². The SMILES string of the molecule is CC(C)Cc1nc(-c2ccoc2)nc(Cl)c1Br. The Morgan fingerprint density at radius 2 is 2.18 bits per heavy atom. The maximum Gasteiger partial charge on any atom is 0.164 e. The lowest BCUT2D eigenvalue weighted by molar-refractivity contribution is 0.568. The lowest BCUT2D eigenvalue weighted by atomic mass is 10.1. The molecule has 0 amide bonds. The number of rotatable bonds is 3. The third kappa shape index (κ3) is 2.87. The van der Waals surface area contributed by atoms with Crippen molar-refractivity contribution in [3.05, 3.63) is 33.9 Å².